The third kappa shape index (κ3) is 6.60. The molecule has 0 fully saturated rings. The van der Waals surface area contributed by atoms with Gasteiger partial charge in [0, 0.05) is 24.2 Å². The van der Waals surface area contributed by atoms with Gasteiger partial charge >= 0.3 is 0 Å². The van der Waals surface area contributed by atoms with Crippen LogP contribution in [0.1, 0.15) is 44.7 Å². The number of para-hydroxylation sites is 1. The SMILES string of the molecule is CCC(C)NC(=O)C(CC)N(Cc1ccc(F)cc1)C(=O)Cc1ccccc1[N+](=O)[O-]. The Balaban J connectivity index is 2.35. The van der Waals surface area contributed by atoms with Crippen LogP contribution in [0.25, 0.3) is 0 Å². The zero-order valence-corrected chi connectivity index (χ0v) is 18.0. The minimum absolute atomic E-state index is 0.0560. The Labute approximate surface area is 181 Å². The maximum Gasteiger partial charge on any atom is 0.273 e. The van der Waals surface area contributed by atoms with Crippen molar-refractivity contribution in [3.05, 3.63) is 75.6 Å². The Morgan fingerprint density at radius 1 is 1.10 bits per heavy atom. The van der Waals surface area contributed by atoms with Crippen LogP contribution >= 0.6 is 0 Å². The molecule has 2 aromatic rings. The van der Waals surface area contributed by atoms with Crippen molar-refractivity contribution in [3.63, 3.8) is 0 Å². The number of hydrogen-bond acceptors (Lipinski definition) is 4. The molecule has 31 heavy (non-hydrogen) atoms. The third-order valence-electron chi connectivity index (χ3n) is 5.18. The molecular formula is C23H28FN3O4. The quantitative estimate of drug-likeness (QED) is 0.456. The lowest BCUT2D eigenvalue weighted by molar-refractivity contribution is -0.385. The summed E-state index contributed by atoms with van der Waals surface area (Å²) in [7, 11) is 0. The van der Waals surface area contributed by atoms with Crippen molar-refractivity contribution in [3.8, 4) is 0 Å². The van der Waals surface area contributed by atoms with Gasteiger partial charge in [-0.1, -0.05) is 44.2 Å². The maximum atomic E-state index is 13.3. The summed E-state index contributed by atoms with van der Waals surface area (Å²) in [6.07, 6.45) is 0.891. The monoisotopic (exact) mass is 429 g/mol. The summed E-state index contributed by atoms with van der Waals surface area (Å²) < 4.78 is 13.3. The number of nitro benzene ring substituents is 1. The predicted octanol–water partition coefficient (Wildman–Crippen LogP) is 4.00. The molecule has 2 rings (SSSR count). The fourth-order valence-corrected chi connectivity index (χ4v) is 3.25. The molecule has 2 atom stereocenters. The molecule has 166 valence electrons. The second kappa shape index (κ2) is 11.2. The van der Waals surface area contributed by atoms with Crippen LogP contribution in [-0.2, 0) is 22.6 Å². The van der Waals surface area contributed by atoms with Gasteiger partial charge in [0.25, 0.3) is 5.69 Å². The second-order valence-electron chi connectivity index (χ2n) is 7.45. The largest absolute Gasteiger partial charge is 0.352 e. The van der Waals surface area contributed by atoms with Gasteiger partial charge in [-0.15, -0.1) is 0 Å². The van der Waals surface area contributed by atoms with E-state index in [1.807, 2.05) is 13.8 Å². The van der Waals surface area contributed by atoms with Gasteiger partial charge in [-0.25, -0.2) is 4.39 Å². The second-order valence-corrected chi connectivity index (χ2v) is 7.45. The van der Waals surface area contributed by atoms with Gasteiger partial charge in [-0.05, 0) is 37.5 Å². The molecule has 0 spiro atoms. The molecule has 0 radical (unpaired) electrons. The van der Waals surface area contributed by atoms with Crippen LogP contribution in [0, 0.1) is 15.9 Å². The highest BCUT2D eigenvalue weighted by atomic mass is 19.1. The van der Waals surface area contributed by atoms with Crippen molar-refractivity contribution >= 4 is 17.5 Å². The highest BCUT2D eigenvalue weighted by Crippen LogP contribution is 2.21. The van der Waals surface area contributed by atoms with E-state index in [0.717, 1.165) is 6.42 Å². The van der Waals surface area contributed by atoms with Crippen LogP contribution < -0.4 is 5.32 Å². The average molecular weight is 429 g/mol. The number of nitro groups is 1. The van der Waals surface area contributed by atoms with Crippen molar-refractivity contribution in [2.24, 2.45) is 0 Å². The van der Waals surface area contributed by atoms with Crippen LogP contribution in [-0.4, -0.2) is 33.7 Å². The molecule has 0 saturated heterocycles. The molecule has 0 aliphatic heterocycles. The standard InChI is InChI=1S/C23H28FN3O4/c1-4-16(3)25-23(29)20(5-2)26(15-17-10-12-19(24)13-11-17)22(28)14-18-8-6-7-9-21(18)27(30)31/h6-13,16,20H,4-5,14-15H2,1-3H3,(H,25,29). The van der Waals surface area contributed by atoms with Crippen LogP contribution in [0.15, 0.2) is 48.5 Å². The molecular weight excluding hydrogens is 401 g/mol. The lowest BCUT2D eigenvalue weighted by Crippen LogP contribution is -2.51. The van der Waals surface area contributed by atoms with E-state index in [1.54, 1.807) is 25.1 Å². The number of nitrogens with one attached hydrogen (secondary N) is 1. The third-order valence-corrected chi connectivity index (χ3v) is 5.18. The van der Waals surface area contributed by atoms with E-state index < -0.39 is 22.7 Å². The number of rotatable bonds is 10. The molecule has 0 aliphatic carbocycles. The van der Waals surface area contributed by atoms with E-state index in [9.17, 15) is 24.1 Å². The van der Waals surface area contributed by atoms with Crippen molar-refractivity contribution in [1.29, 1.82) is 0 Å². The molecule has 0 bridgehead atoms. The van der Waals surface area contributed by atoms with Crippen LogP contribution in [0.5, 0.6) is 0 Å². The first-order valence-electron chi connectivity index (χ1n) is 10.3. The topological polar surface area (TPSA) is 92.6 Å². The number of hydrogen-bond donors (Lipinski definition) is 1. The minimum atomic E-state index is -0.755. The van der Waals surface area contributed by atoms with E-state index >= 15 is 0 Å². The predicted molar refractivity (Wildman–Crippen MR) is 116 cm³/mol. The first-order chi connectivity index (χ1) is 14.8. The molecule has 2 unspecified atom stereocenters. The Hall–Kier alpha value is -3.29. The van der Waals surface area contributed by atoms with Crippen LogP contribution in [0.3, 0.4) is 0 Å². The minimum Gasteiger partial charge on any atom is -0.352 e. The van der Waals surface area contributed by atoms with E-state index in [-0.39, 0.29) is 36.2 Å². The molecule has 0 aromatic heterocycles. The van der Waals surface area contributed by atoms with E-state index in [2.05, 4.69) is 5.32 Å². The maximum absolute atomic E-state index is 13.3. The number of carbonyl (C=O) groups is 2. The number of carbonyl (C=O) groups excluding carboxylic acids is 2. The highest BCUT2D eigenvalue weighted by Gasteiger charge is 2.30. The number of halogens is 1. The van der Waals surface area contributed by atoms with Gasteiger partial charge in [0.15, 0.2) is 0 Å². The van der Waals surface area contributed by atoms with E-state index in [1.165, 1.54) is 35.2 Å². The van der Waals surface area contributed by atoms with Gasteiger partial charge in [-0.2, -0.15) is 0 Å². The summed E-state index contributed by atoms with van der Waals surface area (Å²) in [5.41, 5.74) is 0.792. The fraction of sp³-hybridized carbons (Fsp3) is 0.391. The molecule has 8 heteroatoms. The molecule has 2 aromatic carbocycles. The van der Waals surface area contributed by atoms with Gasteiger partial charge in [-0.3, -0.25) is 19.7 Å². The molecule has 7 nitrogen and oxygen atoms in total. The van der Waals surface area contributed by atoms with Crippen molar-refractivity contribution < 1.29 is 18.9 Å². The number of amides is 2. The summed E-state index contributed by atoms with van der Waals surface area (Å²) in [5.74, 6) is -1.09. The van der Waals surface area contributed by atoms with Gasteiger partial charge < -0.3 is 10.2 Å². The highest BCUT2D eigenvalue weighted by molar-refractivity contribution is 5.89. The van der Waals surface area contributed by atoms with Gasteiger partial charge in [0.1, 0.15) is 11.9 Å². The summed E-state index contributed by atoms with van der Waals surface area (Å²) >= 11 is 0. The van der Waals surface area contributed by atoms with E-state index in [4.69, 9.17) is 0 Å². The Morgan fingerprint density at radius 2 is 1.74 bits per heavy atom. The van der Waals surface area contributed by atoms with Crippen LogP contribution in [0.2, 0.25) is 0 Å². The normalized spacial score (nSPS) is 12.6. The van der Waals surface area contributed by atoms with Crippen LogP contribution in [0.4, 0.5) is 10.1 Å². The summed E-state index contributed by atoms with van der Waals surface area (Å²) in [6.45, 7) is 5.72. The average Bonchev–Trinajstić information content (AvgIpc) is 2.75. The number of nitrogens with zero attached hydrogens (tertiary/aromatic N) is 2. The summed E-state index contributed by atoms with van der Waals surface area (Å²) in [4.78, 5) is 38.4. The lowest BCUT2D eigenvalue weighted by Gasteiger charge is -2.31. The molecule has 2 amide bonds. The zero-order valence-electron chi connectivity index (χ0n) is 18.0. The van der Waals surface area contributed by atoms with Crippen molar-refractivity contribution in [1.82, 2.24) is 10.2 Å². The zero-order chi connectivity index (χ0) is 23.0. The van der Waals surface area contributed by atoms with Gasteiger partial charge in [0.2, 0.25) is 11.8 Å². The summed E-state index contributed by atoms with van der Waals surface area (Å²) in [6, 6.07) is 10.9. The van der Waals surface area contributed by atoms with Crippen molar-refractivity contribution in [2.75, 3.05) is 0 Å². The van der Waals surface area contributed by atoms with Gasteiger partial charge in [0.05, 0.1) is 11.3 Å². The Kier molecular flexibility index (Phi) is 8.66. The first-order valence-corrected chi connectivity index (χ1v) is 10.3. The summed E-state index contributed by atoms with van der Waals surface area (Å²) in [5, 5.41) is 14.2. The van der Waals surface area contributed by atoms with Crippen molar-refractivity contribution in [2.45, 2.75) is 58.7 Å². The molecule has 0 aliphatic rings. The fourth-order valence-electron chi connectivity index (χ4n) is 3.25. The molecule has 1 N–H and O–H groups in total. The lowest BCUT2D eigenvalue weighted by atomic mass is 10.0. The number of benzene rings is 2. The van der Waals surface area contributed by atoms with E-state index in [0.29, 0.717) is 12.0 Å². The molecule has 0 heterocycles. The smallest absolute Gasteiger partial charge is 0.273 e. The first kappa shape index (κ1) is 24.0. The Morgan fingerprint density at radius 3 is 2.32 bits per heavy atom. The molecule has 0 saturated carbocycles. The Bertz CT molecular complexity index is 917.